The number of nitrogens with zero attached hydrogens (tertiary/aromatic N) is 3. The van der Waals surface area contributed by atoms with Crippen LogP contribution in [0.1, 0.15) is 26.4 Å². The number of nitrogens with one attached hydrogen (secondary N) is 3. The highest BCUT2D eigenvalue weighted by atomic mass is 19.1. The third-order valence-corrected chi connectivity index (χ3v) is 7.30. The summed E-state index contributed by atoms with van der Waals surface area (Å²) in [5.41, 5.74) is 2.89. The number of carbonyl (C=O) groups excluding carboxylic acids is 3. The molecule has 47 heavy (non-hydrogen) atoms. The maximum atomic E-state index is 14.2. The first-order chi connectivity index (χ1) is 22.7. The maximum Gasteiger partial charge on any atom is 0.416 e. The molecule has 14 heteroatoms. The van der Waals surface area contributed by atoms with Crippen LogP contribution in [0.25, 0.3) is 11.3 Å². The number of hydrogen-bond acceptors (Lipinski definition) is 9. The van der Waals surface area contributed by atoms with Gasteiger partial charge in [-0.3, -0.25) is 24.6 Å². The monoisotopic (exact) mass is 636 g/mol. The third-order valence-electron chi connectivity index (χ3n) is 7.30. The van der Waals surface area contributed by atoms with Crippen LogP contribution in [0.4, 0.5) is 32.1 Å². The molecule has 0 saturated heterocycles. The number of Topliss-reactive ketones (excluding diaryl/α,β-unsaturated/α-hetero) is 1. The smallest absolute Gasteiger partial charge is 0.416 e. The van der Waals surface area contributed by atoms with Crippen molar-refractivity contribution in [1.82, 2.24) is 14.9 Å². The molecule has 0 atom stereocenters. The van der Waals surface area contributed by atoms with Crippen LogP contribution in [0.3, 0.4) is 0 Å². The molecule has 1 aliphatic rings. The fourth-order valence-corrected chi connectivity index (χ4v) is 5.07. The predicted octanol–water partition coefficient (Wildman–Crippen LogP) is 6.33. The number of aromatic amines is 1. The van der Waals surface area contributed by atoms with Crippen molar-refractivity contribution in [3.05, 3.63) is 124 Å². The molecule has 3 N–H and O–H groups in total. The van der Waals surface area contributed by atoms with Gasteiger partial charge in [-0.1, -0.05) is 18.2 Å². The van der Waals surface area contributed by atoms with Crippen LogP contribution in [0, 0.1) is 15.9 Å². The number of amides is 2. The zero-order chi connectivity index (χ0) is 33.1. The van der Waals surface area contributed by atoms with Gasteiger partial charge in [-0.15, -0.1) is 0 Å². The minimum atomic E-state index is -0.810. The molecule has 5 aromatic rings. The molecule has 0 saturated carbocycles. The van der Waals surface area contributed by atoms with Crippen LogP contribution in [-0.2, 0) is 6.54 Å². The molecule has 6 rings (SSSR count). The molecule has 13 nitrogen and oxygen atoms in total. The maximum absolute atomic E-state index is 14.2. The SMILES string of the molecule is COc1ccc(C(=O)Nc2cc(-c3[nH]c4c(c3Nc3ccccc3)C(=O)CN(C(=O)Oc3ccc([N+](=O)[O-])cc3)C4)ccn2)cc1F. The number of carbonyl (C=O) groups is 3. The van der Waals surface area contributed by atoms with E-state index in [9.17, 15) is 28.9 Å². The number of anilines is 3. The number of hydrogen-bond donors (Lipinski definition) is 3. The summed E-state index contributed by atoms with van der Waals surface area (Å²) >= 11 is 0. The van der Waals surface area contributed by atoms with Gasteiger partial charge in [-0.05, 0) is 54.6 Å². The number of aromatic nitrogens is 2. The first-order valence-electron chi connectivity index (χ1n) is 14.1. The van der Waals surface area contributed by atoms with E-state index >= 15 is 0 Å². The number of halogens is 1. The number of ketones is 1. The van der Waals surface area contributed by atoms with Crippen molar-refractivity contribution in [1.29, 1.82) is 0 Å². The van der Waals surface area contributed by atoms with E-state index < -0.39 is 22.7 Å². The summed E-state index contributed by atoms with van der Waals surface area (Å²) in [5.74, 6) is -1.39. The molecule has 0 radical (unpaired) electrons. The van der Waals surface area contributed by atoms with Crippen LogP contribution in [0.5, 0.6) is 11.5 Å². The normalized spacial score (nSPS) is 12.2. The Morgan fingerprint density at radius 1 is 1.02 bits per heavy atom. The second-order valence-electron chi connectivity index (χ2n) is 10.4. The second-order valence-corrected chi connectivity index (χ2v) is 10.4. The van der Waals surface area contributed by atoms with E-state index in [1.807, 2.05) is 30.3 Å². The van der Waals surface area contributed by atoms with Gasteiger partial charge >= 0.3 is 6.09 Å². The summed E-state index contributed by atoms with van der Waals surface area (Å²) in [4.78, 5) is 58.6. The van der Waals surface area contributed by atoms with Crippen molar-refractivity contribution in [3.8, 4) is 22.8 Å². The van der Waals surface area contributed by atoms with Crippen LogP contribution in [-0.4, -0.2) is 51.2 Å². The summed E-state index contributed by atoms with van der Waals surface area (Å²) in [6.45, 7) is -0.288. The molecule has 3 heterocycles. The van der Waals surface area contributed by atoms with E-state index in [1.165, 1.54) is 54.6 Å². The van der Waals surface area contributed by atoms with Crippen molar-refractivity contribution in [3.63, 3.8) is 0 Å². The lowest BCUT2D eigenvalue weighted by molar-refractivity contribution is -0.384. The van der Waals surface area contributed by atoms with Gasteiger partial charge in [0.2, 0.25) is 0 Å². The van der Waals surface area contributed by atoms with Gasteiger partial charge in [0.05, 0.1) is 42.1 Å². The zero-order valence-electron chi connectivity index (χ0n) is 24.7. The Balaban J connectivity index is 1.29. The fraction of sp³-hybridized carbons (Fsp3) is 0.0909. The highest BCUT2D eigenvalue weighted by molar-refractivity contribution is 6.09. The Labute approximate surface area is 266 Å². The lowest BCUT2D eigenvalue weighted by atomic mass is 10.0. The van der Waals surface area contributed by atoms with Crippen molar-refractivity contribution >= 4 is 40.7 Å². The van der Waals surface area contributed by atoms with E-state index in [0.717, 1.165) is 6.07 Å². The molecule has 2 amide bonds. The second kappa shape index (κ2) is 12.8. The lowest BCUT2D eigenvalue weighted by Crippen LogP contribution is -2.41. The molecule has 3 aromatic carbocycles. The number of benzene rings is 3. The van der Waals surface area contributed by atoms with Crippen LogP contribution in [0.2, 0.25) is 0 Å². The highest BCUT2D eigenvalue weighted by Crippen LogP contribution is 2.38. The van der Waals surface area contributed by atoms with Crippen molar-refractivity contribution in [2.24, 2.45) is 0 Å². The Morgan fingerprint density at radius 2 is 1.79 bits per heavy atom. The fourth-order valence-electron chi connectivity index (χ4n) is 5.07. The molecule has 0 bridgehead atoms. The van der Waals surface area contributed by atoms with Gasteiger partial charge in [0.1, 0.15) is 11.6 Å². The number of nitro groups is 1. The van der Waals surface area contributed by atoms with Crippen molar-refractivity contribution in [2.45, 2.75) is 6.54 Å². The molecule has 2 aromatic heterocycles. The summed E-state index contributed by atoms with van der Waals surface area (Å²) in [7, 11) is 1.32. The number of fused-ring (bicyclic) bond motifs is 1. The van der Waals surface area contributed by atoms with Gasteiger partial charge in [0.25, 0.3) is 11.6 Å². The summed E-state index contributed by atoms with van der Waals surface area (Å²) in [6.07, 6.45) is 0.664. The molecular weight excluding hydrogens is 611 g/mol. The Morgan fingerprint density at radius 3 is 2.49 bits per heavy atom. The first-order valence-corrected chi connectivity index (χ1v) is 14.1. The largest absolute Gasteiger partial charge is 0.494 e. The number of H-pyrrole nitrogens is 1. The number of non-ortho nitro benzene ring substituents is 1. The van der Waals surface area contributed by atoms with Crippen molar-refractivity contribution in [2.75, 3.05) is 24.3 Å². The molecule has 1 aliphatic heterocycles. The number of pyridine rings is 1. The third kappa shape index (κ3) is 6.47. The van der Waals surface area contributed by atoms with Crippen LogP contribution >= 0.6 is 0 Å². The van der Waals surface area contributed by atoms with Gasteiger partial charge in [-0.2, -0.15) is 0 Å². The number of nitro benzene ring substituents is 1. The van der Waals surface area contributed by atoms with E-state index in [1.54, 1.807) is 12.1 Å². The van der Waals surface area contributed by atoms with E-state index in [0.29, 0.717) is 33.9 Å². The molecule has 236 valence electrons. The average Bonchev–Trinajstić information content (AvgIpc) is 3.44. The Hall–Kier alpha value is -6.57. The number of methoxy groups -OCH3 is 1. The average molecular weight is 637 g/mol. The van der Waals surface area contributed by atoms with E-state index in [2.05, 4.69) is 20.6 Å². The molecule has 0 aliphatic carbocycles. The van der Waals surface area contributed by atoms with Gasteiger partial charge in [0, 0.05) is 40.8 Å². The highest BCUT2D eigenvalue weighted by Gasteiger charge is 2.34. The topological polar surface area (TPSA) is 169 Å². The van der Waals surface area contributed by atoms with Gasteiger partial charge in [0.15, 0.2) is 17.3 Å². The van der Waals surface area contributed by atoms with Gasteiger partial charge in [-0.25, -0.2) is 14.2 Å². The van der Waals surface area contributed by atoms with Crippen LogP contribution < -0.4 is 20.1 Å². The van der Waals surface area contributed by atoms with Gasteiger partial charge < -0.3 is 25.1 Å². The molecule has 0 unspecified atom stereocenters. The lowest BCUT2D eigenvalue weighted by Gasteiger charge is -2.25. The van der Waals surface area contributed by atoms with Crippen molar-refractivity contribution < 1.29 is 33.2 Å². The predicted molar refractivity (Wildman–Crippen MR) is 169 cm³/mol. The standard InChI is InChI=1S/C33H25FN6O7/c1-46-27-12-7-20(15-24(27)34)32(42)38-28-16-19(13-14-35-28)30-31(36-21-5-3-2-4-6-21)29-25(37-30)17-39(18-26(29)41)33(43)47-23-10-8-22(9-11-23)40(44)45/h2-16,36-37H,17-18H2,1H3,(H,35,38,42). The molecule has 0 spiro atoms. The molecule has 0 fully saturated rings. The minimum absolute atomic E-state index is 0.00329. The van der Waals surface area contributed by atoms with E-state index in [4.69, 9.17) is 9.47 Å². The van der Waals surface area contributed by atoms with Crippen LogP contribution in [0.15, 0.2) is 91.1 Å². The summed E-state index contributed by atoms with van der Waals surface area (Å²) in [5, 5.41) is 16.9. The zero-order valence-corrected chi connectivity index (χ0v) is 24.7. The molecular formula is C33H25FN6O7. The number of ether oxygens (including phenoxy) is 2. The summed E-state index contributed by atoms with van der Waals surface area (Å²) in [6, 6.07) is 21.3. The Bertz CT molecular complexity index is 2010. The number of rotatable bonds is 8. The Kier molecular flexibility index (Phi) is 8.30. The first kappa shape index (κ1) is 30.5. The quantitative estimate of drug-likeness (QED) is 0.130. The minimum Gasteiger partial charge on any atom is -0.494 e. The van der Waals surface area contributed by atoms with E-state index in [-0.39, 0.29) is 47.4 Å². The summed E-state index contributed by atoms with van der Waals surface area (Å²) < 4.78 is 24.5. The number of para-hydroxylation sites is 1.